The average molecular weight is 529 g/mol. The van der Waals surface area contributed by atoms with E-state index in [1.54, 1.807) is 7.05 Å². The Bertz CT molecular complexity index is 915. The predicted octanol–water partition coefficient (Wildman–Crippen LogP) is 7.92. The van der Waals surface area contributed by atoms with Crippen LogP contribution in [0.3, 0.4) is 0 Å². The summed E-state index contributed by atoms with van der Waals surface area (Å²) in [4.78, 5) is 8.73. The van der Waals surface area contributed by atoms with E-state index in [4.69, 9.17) is 4.74 Å². The molecule has 208 valence electrons. The summed E-state index contributed by atoms with van der Waals surface area (Å²) in [5.74, 6) is 1.85. The number of terminal acetylenes is 1. The van der Waals surface area contributed by atoms with Gasteiger partial charge in [0.15, 0.2) is 0 Å². The Balaban J connectivity index is 0. The van der Waals surface area contributed by atoms with E-state index < -0.39 is 0 Å². The van der Waals surface area contributed by atoms with E-state index >= 15 is 0 Å². The number of nitrogens with zero attached hydrogens (tertiary/aromatic N) is 3. The first kappa shape index (κ1) is 36.8. The maximum Gasteiger partial charge on any atom is 0.107 e. The Hall–Kier alpha value is -2.33. The highest BCUT2D eigenvalue weighted by Crippen LogP contribution is 2.17. The van der Waals surface area contributed by atoms with E-state index in [-0.39, 0.29) is 0 Å². The van der Waals surface area contributed by atoms with Gasteiger partial charge >= 0.3 is 0 Å². The normalized spacial score (nSPS) is 9.62. The molecular formula is C31H52N4OS. The average Bonchev–Trinajstić information content (AvgIpc) is 3.19. The summed E-state index contributed by atoms with van der Waals surface area (Å²) in [5.41, 5.74) is 4.70. The van der Waals surface area contributed by atoms with E-state index in [2.05, 4.69) is 111 Å². The molecule has 2 aromatic heterocycles. The summed E-state index contributed by atoms with van der Waals surface area (Å²) in [7, 11) is 1.74. The third-order valence-corrected chi connectivity index (χ3v) is 4.53. The molecule has 0 aliphatic heterocycles. The summed E-state index contributed by atoms with van der Waals surface area (Å²) >= 11 is 3.54. The number of hydrogen-bond acceptors (Lipinski definition) is 5. The zero-order chi connectivity index (χ0) is 28.5. The van der Waals surface area contributed by atoms with Gasteiger partial charge in [0, 0.05) is 19.3 Å². The lowest BCUT2D eigenvalue weighted by Gasteiger charge is -2.09. The molecule has 37 heavy (non-hydrogen) atoms. The lowest BCUT2D eigenvalue weighted by Crippen LogP contribution is -2.03. The molecule has 0 saturated heterocycles. The minimum Gasteiger partial charge on any atom is -0.381 e. The van der Waals surface area contributed by atoms with Crippen LogP contribution in [-0.2, 0) is 17.7 Å². The van der Waals surface area contributed by atoms with Gasteiger partial charge in [0.25, 0.3) is 0 Å². The van der Waals surface area contributed by atoms with Gasteiger partial charge in [0.05, 0.1) is 18.3 Å². The van der Waals surface area contributed by atoms with Gasteiger partial charge in [-0.15, -0.1) is 12.8 Å². The molecule has 2 heterocycles. The van der Waals surface area contributed by atoms with E-state index in [0.717, 1.165) is 49.0 Å². The highest BCUT2D eigenvalue weighted by atomic mass is 32.1. The minimum absolute atomic E-state index is 0.807. The van der Waals surface area contributed by atoms with E-state index in [1.807, 2.05) is 25.4 Å². The number of aryl methyl sites for hydroxylation is 1. The number of imidazole rings is 1. The third kappa shape index (κ3) is 18.5. The minimum atomic E-state index is 0.807. The van der Waals surface area contributed by atoms with Gasteiger partial charge < -0.3 is 9.30 Å². The molecule has 1 aromatic carbocycles. The first-order chi connectivity index (χ1) is 17.8. The summed E-state index contributed by atoms with van der Waals surface area (Å²) < 4.78 is 10.4. The number of pyridine rings is 1. The van der Waals surface area contributed by atoms with Crippen molar-refractivity contribution in [3.63, 3.8) is 0 Å². The molecule has 0 saturated carbocycles. The number of fused-ring (bicyclic) bond motifs is 1. The number of aromatic nitrogens is 3. The summed E-state index contributed by atoms with van der Waals surface area (Å²) in [6.07, 6.45) is 17.5. The molecule has 0 fully saturated rings. The Morgan fingerprint density at radius 1 is 0.973 bits per heavy atom. The Morgan fingerprint density at radius 3 is 2.05 bits per heavy atom. The second kappa shape index (κ2) is 25.3. The number of unbranched alkanes of at least 4 members (excludes halogenated alkanes) is 2. The van der Waals surface area contributed by atoms with Gasteiger partial charge in [-0.25, -0.2) is 4.98 Å². The largest absolute Gasteiger partial charge is 0.381 e. The van der Waals surface area contributed by atoms with Gasteiger partial charge in [-0.1, -0.05) is 97.9 Å². The van der Waals surface area contributed by atoms with Crippen molar-refractivity contribution in [2.24, 2.45) is 5.92 Å². The zero-order valence-corrected chi connectivity index (χ0v) is 25.5. The van der Waals surface area contributed by atoms with E-state index in [9.17, 15) is 0 Å². The molecule has 3 rings (SSSR count). The topological polar surface area (TPSA) is 52.0 Å². The molecule has 1 N–H and O–H groups in total. The number of hydrogen-bond donors (Lipinski definition) is 2. The number of nitrogens with one attached hydrogen (secondary N) is 1. The van der Waals surface area contributed by atoms with Crippen molar-refractivity contribution in [2.75, 3.05) is 20.3 Å². The molecule has 5 nitrogen and oxygen atoms in total. The van der Waals surface area contributed by atoms with Gasteiger partial charge in [0.2, 0.25) is 0 Å². The van der Waals surface area contributed by atoms with Crippen molar-refractivity contribution < 1.29 is 4.74 Å². The fraction of sp³-hybridized carbons (Fsp3) is 0.548. The van der Waals surface area contributed by atoms with Crippen LogP contribution in [0.2, 0.25) is 0 Å². The Morgan fingerprint density at radius 2 is 1.51 bits per heavy atom. The van der Waals surface area contributed by atoms with Crippen LogP contribution in [0.15, 0.2) is 42.7 Å². The number of rotatable bonds is 9. The van der Waals surface area contributed by atoms with Crippen LogP contribution in [0, 0.1) is 25.7 Å². The summed E-state index contributed by atoms with van der Waals surface area (Å²) in [5, 5.41) is 0. The van der Waals surface area contributed by atoms with Crippen LogP contribution in [0.4, 0.5) is 0 Å². The maximum absolute atomic E-state index is 5.70. The van der Waals surface area contributed by atoms with Crippen LogP contribution >= 0.6 is 12.8 Å². The monoisotopic (exact) mass is 528 g/mol. The van der Waals surface area contributed by atoms with Gasteiger partial charge in [-0.05, 0) is 49.9 Å². The van der Waals surface area contributed by atoms with Crippen LogP contribution in [-0.4, -0.2) is 34.8 Å². The zero-order valence-electron chi connectivity index (χ0n) is 24.6. The molecular weight excluding hydrogens is 476 g/mol. The van der Waals surface area contributed by atoms with Crippen molar-refractivity contribution in [1.29, 1.82) is 0 Å². The molecule has 0 spiro atoms. The van der Waals surface area contributed by atoms with Gasteiger partial charge in [0.1, 0.15) is 11.3 Å². The number of benzene rings is 1. The second-order valence-electron chi connectivity index (χ2n) is 9.16. The van der Waals surface area contributed by atoms with Crippen molar-refractivity contribution in [2.45, 2.75) is 87.1 Å². The number of ether oxygens (including phenoxy) is 1. The summed E-state index contributed by atoms with van der Waals surface area (Å²) in [6.45, 7) is 17.5. The smallest absolute Gasteiger partial charge is 0.107 e. The number of thiol groups is 1. The summed E-state index contributed by atoms with van der Waals surface area (Å²) in [6, 6.07) is 10.9. The van der Waals surface area contributed by atoms with Crippen LogP contribution in [0.5, 0.6) is 0 Å². The fourth-order valence-corrected chi connectivity index (χ4v) is 3.04. The highest BCUT2D eigenvalue weighted by molar-refractivity contribution is 7.78. The quantitative estimate of drug-likeness (QED) is 0.168. The molecule has 0 bridgehead atoms. The van der Waals surface area contributed by atoms with Crippen molar-refractivity contribution in [3.8, 4) is 12.8 Å². The first-order valence-corrected chi connectivity index (χ1v) is 13.9. The lowest BCUT2D eigenvalue weighted by molar-refractivity contribution is 0.133. The van der Waals surface area contributed by atoms with Gasteiger partial charge in [-0.2, -0.15) is 0 Å². The standard InChI is InChI=1S/C21H27N3O.C4H10.C3H8.C2H2.CH5NS/c1-3-4-5-13-25-14-11-18-6-8-19(9-7-18)16-24-17(2)23-20-15-22-12-10-21(20)24;1-4(2)3;1-3-2;1-2;1-2-3/h6-10,12,15H,3-5,11,13-14,16H2,1-2H3;4H,1-3H3;3H2,1-2H3;1-2H;2-3H,1H3. The fourth-order valence-electron chi connectivity index (χ4n) is 3.04. The Labute approximate surface area is 233 Å². The van der Waals surface area contributed by atoms with Crippen molar-refractivity contribution >= 4 is 23.8 Å². The van der Waals surface area contributed by atoms with Gasteiger partial charge in [-0.3, -0.25) is 9.71 Å². The maximum atomic E-state index is 5.70. The van der Waals surface area contributed by atoms with E-state index in [0.29, 0.717) is 0 Å². The molecule has 0 aliphatic rings. The highest BCUT2D eigenvalue weighted by Gasteiger charge is 2.07. The second-order valence-corrected chi connectivity index (χ2v) is 9.61. The first-order valence-electron chi connectivity index (χ1n) is 13.4. The molecule has 0 unspecified atom stereocenters. The predicted molar refractivity (Wildman–Crippen MR) is 166 cm³/mol. The molecule has 3 aromatic rings. The molecule has 0 amide bonds. The van der Waals surface area contributed by atoms with Crippen molar-refractivity contribution in [3.05, 3.63) is 59.7 Å². The van der Waals surface area contributed by atoms with E-state index in [1.165, 1.54) is 36.8 Å². The van der Waals surface area contributed by atoms with Crippen LogP contribution in [0.1, 0.15) is 84.2 Å². The third-order valence-electron chi connectivity index (χ3n) is 4.53. The Kier molecular flexibility index (Phi) is 25.2. The molecule has 0 radical (unpaired) electrons. The van der Waals surface area contributed by atoms with Crippen LogP contribution in [0.25, 0.3) is 11.0 Å². The molecule has 0 aliphatic carbocycles. The lowest BCUT2D eigenvalue weighted by atomic mass is 10.1. The molecule has 0 atom stereocenters. The van der Waals surface area contributed by atoms with Crippen LogP contribution < -0.4 is 4.72 Å². The SMILES string of the molecule is C#C.CC(C)C.CCC.CCCCCOCCc1ccc(Cn2c(C)nc3cnccc32)cc1.CNS. The molecule has 6 heteroatoms. The van der Waals surface area contributed by atoms with Crippen molar-refractivity contribution in [1.82, 2.24) is 19.3 Å².